The second-order valence-electron chi connectivity index (χ2n) is 8.41. The molecule has 0 aromatic heterocycles. The second kappa shape index (κ2) is 10.1. The first kappa shape index (κ1) is 22.8. The predicted octanol–water partition coefficient (Wildman–Crippen LogP) is 0.514. The average molecular weight is 462 g/mol. The topological polar surface area (TPSA) is 117 Å². The SMILES string of the molecule is O=C1N[C@@H]2CC[C@@H](CN(C(=O)CN3CCOC3=O)C2)C(=O)NCCCOc2ccc(F)cc21. The molecule has 4 rings (SSSR count). The summed E-state index contributed by atoms with van der Waals surface area (Å²) >= 11 is 0. The van der Waals surface area contributed by atoms with Gasteiger partial charge in [0.1, 0.15) is 24.7 Å². The van der Waals surface area contributed by atoms with Gasteiger partial charge in [0.05, 0.1) is 24.6 Å². The third-order valence-electron chi connectivity index (χ3n) is 6.04. The Morgan fingerprint density at radius 1 is 1.12 bits per heavy atom. The van der Waals surface area contributed by atoms with Gasteiger partial charge in [-0.25, -0.2) is 9.18 Å². The number of fused-ring (bicyclic) bond motifs is 4. The molecule has 11 heteroatoms. The summed E-state index contributed by atoms with van der Waals surface area (Å²) in [6.45, 7) is 1.37. The number of halogens is 1. The molecule has 3 aliphatic rings. The van der Waals surface area contributed by atoms with Crippen LogP contribution in [0.2, 0.25) is 0 Å². The molecule has 0 spiro atoms. The molecule has 33 heavy (non-hydrogen) atoms. The Morgan fingerprint density at radius 2 is 1.97 bits per heavy atom. The fourth-order valence-electron chi connectivity index (χ4n) is 4.24. The summed E-state index contributed by atoms with van der Waals surface area (Å²) < 4.78 is 24.4. The van der Waals surface area contributed by atoms with Gasteiger partial charge in [-0.2, -0.15) is 0 Å². The molecule has 0 saturated carbocycles. The van der Waals surface area contributed by atoms with Crippen LogP contribution >= 0.6 is 0 Å². The molecule has 2 saturated heterocycles. The van der Waals surface area contributed by atoms with E-state index in [-0.39, 0.29) is 56.0 Å². The molecule has 2 atom stereocenters. The summed E-state index contributed by atoms with van der Waals surface area (Å²) in [6, 6.07) is 3.29. The van der Waals surface area contributed by atoms with Crippen molar-refractivity contribution in [3.8, 4) is 5.75 Å². The Hall–Kier alpha value is -3.37. The summed E-state index contributed by atoms with van der Waals surface area (Å²) in [4.78, 5) is 53.3. The van der Waals surface area contributed by atoms with Crippen molar-refractivity contribution in [3.63, 3.8) is 0 Å². The number of nitrogens with zero attached hydrogens (tertiary/aromatic N) is 2. The van der Waals surface area contributed by atoms with E-state index in [1.54, 1.807) is 0 Å². The first-order valence-electron chi connectivity index (χ1n) is 11.1. The number of benzene rings is 1. The normalized spacial score (nSPS) is 24.1. The Balaban J connectivity index is 1.56. The van der Waals surface area contributed by atoms with Crippen molar-refractivity contribution in [2.75, 3.05) is 45.9 Å². The molecule has 2 bridgehead atoms. The first-order valence-corrected chi connectivity index (χ1v) is 11.1. The number of carbonyl (C=O) groups is 4. The monoisotopic (exact) mass is 462 g/mol. The summed E-state index contributed by atoms with van der Waals surface area (Å²) in [5.41, 5.74) is 0.0783. The molecule has 0 aliphatic carbocycles. The number of amides is 4. The van der Waals surface area contributed by atoms with Crippen molar-refractivity contribution in [2.24, 2.45) is 5.92 Å². The summed E-state index contributed by atoms with van der Waals surface area (Å²) in [6.07, 6.45) is 0.887. The van der Waals surface area contributed by atoms with Gasteiger partial charge < -0.3 is 25.0 Å². The highest BCUT2D eigenvalue weighted by Crippen LogP contribution is 2.23. The van der Waals surface area contributed by atoms with Crippen molar-refractivity contribution < 1.29 is 33.0 Å². The zero-order valence-corrected chi connectivity index (χ0v) is 18.2. The lowest BCUT2D eigenvalue weighted by molar-refractivity contribution is -0.133. The minimum absolute atomic E-state index is 0.0783. The average Bonchev–Trinajstić information content (AvgIpc) is 3.06. The van der Waals surface area contributed by atoms with Gasteiger partial charge in [-0.15, -0.1) is 0 Å². The Labute approximate surface area is 190 Å². The molecular weight excluding hydrogens is 435 g/mol. The molecule has 1 aromatic rings. The third kappa shape index (κ3) is 5.52. The van der Waals surface area contributed by atoms with Crippen LogP contribution in [0.25, 0.3) is 0 Å². The zero-order valence-electron chi connectivity index (χ0n) is 18.2. The van der Waals surface area contributed by atoms with Gasteiger partial charge in [0, 0.05) is 25.7 Å². The third-order valence-corrected chi connectivity index (χ3v) is 6.04. The van der Waals surface area contributed by atoms with Gasteiger partial charge in [0.2, 0.25) is 11.8 Å². The van der Waals surface area contributed by atoms with Gasteiger partial charge in [0.15, 0.2) is 0 Å². The largest absolute Gasteiger partial charge is 0.493 e. The van der Waals surface area contributed by atoms with E-state index < -0.39 is 29.8 Å². The Bertz CT molecular complexity index is 941. The maximum atomic E-state index is 13.9. The number of hydrogen-bond acceptors (Lipinski definition) is 6. The van der Waals surface area contributed by atoms with Crippen LogP contribution in [-0.4, -0.2) is 85.6 Å². The zero-order chi connectivity index (χ0) is 23.4. The van der Waals surface area contributed by atoms with Gasteiger partial charge in [0.25, 0.3) is 5.91 Å². The molecule has 4 amide bonds. The van der Waals surface area contributed by atoms with Crippen LogP contribution in [0.3, 0.4) is 0 Å². The van der Waals surface area contributed by atoms with E-state index in [0.29, 0.717) is 32.4 Å². The van der Waals surface area contributed by atoms with Crippen LogP contribution in [0, 0.1) is 11.7 Å². The molecule has 2 fully saturated rings. The minimum atomic E-state index is -0.559. The summed E-state index contributed by atoms with van der Waals surface area (Å²) in [5.74, 6) is -1.76. The maximum Gasteiger partial charge on any atom is 0.410 e. The molecule has 178 valence electrons. The minimum Gasteiger partial charge on any atom is -0.493 e. The predicted molar refractivity (Wildman–Crippen MR) is 113 cm³/mol. The van der Waals surface area contributed by atoms with Gasteiger partial charge in [-0.1, -0.05) is 0 Å². The van der Waals surface area contributed by atoms with Crippen molar-refractivity contribution >= 4 is 23.8 Å². The van der Waals surface area contributed by atoms with Crippen LogP contribution in [0.4, 0.5) is 9.18 Å². The molecule has 0 radical (unpaired) electrons. The lowest BCUT2D eigenvalue weighted by Gasteiger charge is -2.28. The molecule has 3 aliphatic heterocycles. The number of carbonyl (C=O) groups excluding carboxylic acids is 4. The van der Waals surface area contributed by atoms with Gasteiger partial charge >= 0.3 is 6.09 Å². The van der Waals surface area contributed by atoms with E-state index in [9.17, 15) is 23.6 Å². The highest BCUT2D eigenvalue weighted by Gasteiger charge is 2.34. The maximum absolute atomic E-state index is 13.9. The standard InChI is InChI=1S/C22H27FN4O6/c23-15-3-5-18-17(10-15)21(30)25-16-4-2-14(20(29)24-6-1-8-32-18)11-27(12-16)19(28)13-26-7-9-33-22(26)31/h3,5,10,14,16H,1-2,4,6-9,11-13H2,(H,24,29)(H,25,30)/t14-,16+/m0/s1. The fraction of sp³-hybridized carbons (Fsp3) is 0.545. The molecular formula is C22H27FN4O6. The van der Waals surface area contributed by atoms with Gasteiger partial charge in [-0.05, 0) is 37.5 Å². The summed E-state index contributed by atoms with van der Waals surface area (Å²) in [7, 11) is 0. The fourth-order valence-corrected chi connectivity index (χ4v) is 4.24. The summed E-state index contributed by atoms with van der Waals surface area (Å²) in [5, 5.41) is 5.75. The van der Waals surface area contributed by atoms with Crippen molar-refractivity contribution in [3.05, 3.63) is 29.6 Å². The van der Waals surface area contributed by atoms with E-state index in [0.717, 1.165) is 6.07 Å². The second-order valence-corrected chi connectivity index (χ2v) is 8.41. The molecule has 1 aromatic carbocycles. The molecule has 2 N–H and O–H groups in total. The van der Waals surface area contributed by atoms with Crippen LogP contribution in [0.5, 0.6) is 5.75 Å². The van der Waals surface area contributed by atoms with Crippen LogP contribution < -0.4 is 15.4 Å². The van der Waals surface area contributed by atoms with E-state index in [1.165, 1.54) is 21.9 Å². The Morgan fingerprint density at radius 3 is 2.76 bits per heavy atom. The molecule has 10 nitrogen and oxygen atoms in total. The van der Waals surface area contributed by atoms with Crippen molar-refractivity contribution in [1.29, 1.82) is 0 Å². The molecule has 0 unspecified atom stereocenters. The van der Waals surface area contributed by atoms with Crippen LogP contribution in [0.15, 0.2) is 18.2 Å². The Kier molecular flexibility index (Phi) is 6.95. The highest BCUT2D eigenvalue weighted by atomic mass is 19.1. The molecule has 3 heterocycles. The van der Waals surface area contributed by atoms with Crippen LogP contribution in [0.1, 0.15) is 29.6 Å². The van der Waals surface area contributed by atoms with Crippen LogP contribution in [-0.2, 0) is 14.3 Å². The smallest absolute Gasteiger partial charge is 0.410 e. The number of likely N-dealkylation sites (tertiary alicyclic amines) is 1. The lowest BCUT2D eigenvalue weighted by Crippen LogP contribution is -2.49. The first-order chi connectivity index (χ1) is 15.9. The lowest BCUT2D eigenvalue weighted by atomic mass is 10.0. The number of nitrogens with one attached hydrogen (secondary N) is 2. The van der Waals surface area contributed by atoms with E-state index >= 15 is 0 Å². The van der Waals surface area contributed by atoms with Gasteiger partial charge in [-0.3, -0.25) is 19.3 Å². The number of cyclic esters (lactones) is 1. The quantitative estimate of drug-likeness (QED) is 0.662. The van der Waals surface area contributed by atoms with Crippen molar-refractivity contribution in [2.45, 2.75) is 25.3 Å². The van der Waals surface area contributed by atoms with E-state index in [2.05, 4.69) is 10.6 Å². The number of hydrogen-bond donors (Lipinski definition) is 2. The number of rotatable bonds is 2. The van der Waals surface area contributed by atoms with Crippen molar-refractivity contribution in [1.82, 2.24) is 20.4 Å². The van der Waals surface area contributed by atoms with E-state index in [4.69, 9.17) is 9.47 Å². The highest BCUT2D eigenvalue weighted by molar-refractivity contribution is 5.97. The number of ether oxygens (including phenoxy) is 2. The van der Waals surface area contributed by atoms with E-state index in [1.807, 2.05) is 0 Å².